The standard InChI is InChI=1S/C16H16N4O2S/c1-2-19-10-12(9-17-19)11-20-15(21)14(18-16(20)23)7-3-5-13-6-4-8-22-13/h3-10H,2,11H2,1H3,(H,18,23)/b5-3+,14-7+. The molecular formula is C16H16N4O2S. The lowest BCUT2D eigenvalue weighted by molar-refractivity contribution is -0.122. The topological polar surface area (TPSA) is 63.3 Å². The van der Waals surface area contributed by atoms with E-state index >= 15 is 0 Å². The number of hydrogen-bond donors (Lipinski definition) is 1. The van der Waals surface area contributed by atoms with Crippen LogP contribution < -0.4 is 5.32 Å². The van der Waals surface area contributed by atoms with Gasteiger partial charge in [0.25, 0.3) is 5.91 Å². The molecule has 1 aliphatic heterocycles. The van der Waals surface area contributed by atoms with Gasteiger partial charge in [0.1, 0.15) is 11.5 Å². The van der Waals surface area contributed by atoms with E-state index in [1.807, 2.05) is 23.9 Å². The average Bonchev–Trinajstić information content (AvgIpc) is 3.26. The molecule has 0 bridgehead atoms. The fourth-order valence-electron chi connectivity index (χ4n) is 2.20. The van der Waals surface area contributed by atoms with E-state index in [0.717, 1.165) is 17.9 Å². The van der Waals surface area contributed by atoms with E-state index in [0.29, 0.717) is 17.4 Å². The molecule has 0 aliphatic carbocycles. The van der Waals surface area contributed by atoms with Crippen LogP contribution in [0.4, 0.5) is 0 Å². The van der Waals surface area contributed by atoms with Crippen LogP contribution in [0.15, 0.2) is 53.1 Å². The molecule has 3 heterocycles. The molecular weight excluding hydrogens is 312 g/mol. The molecule has 1 N–H and O–H groups in total. The number of furan rings is 1. The number of rotatable bonds is 5. The molecule has 0 atom stereocenters. The predicted octanol–water partition coefficient (Wildman–Crippen LogP) is 2.31. The van der Waals surface area contributed by atoms with E-state index in [1.165, 1.54) is 4.90 Å². The van der Waals surface area contributed by atoms with Crippen molar-refractivity contribution in [3.8, 4) is 0 Å². The minimum atomic E-state index is -0.150. The molecule has 1 aliphatic rings. The number of carbonyl (C=O) groups excluding carboxylic acids is 1. The Labute approximate surface area is 139 Å². The van der Waals surface area contributed by atoms with E-state index in [-0.39, 0.29) is 5.91 Å². The SMILES string of the molecule is CCn1cc(CN2C(=O)/C(=C\C=C\c3ccco3)NC2=S)cn1. The Hall–Kier alpha value is -2.67. The Morgan fingerprint density at radius 1 is 1.48 bits per heavy atom. The zero-order valence-electron chi connectivity index (χ0n) is 12.6. The number of nitrogens with one attached hydrogen (secondary N) is 1. The van der Waals surface area contributed by atoms with Gasteiger partial charge in [-0.2, -0.15) is 5.10 Å². The van der Waals surface area contributed by atoms with E-state index in [1.54, 1.807) is 36.8 Å². The first kappa shape index (κ1) is 15.2. The molecule has 1 fully saturated rings. The number of allylic oxidation sites excluding steroid dienone is 2. The smallest absolute Gasteiger partial charge is 0.276 e. The molecule has 1 amide bonds. The summed E-state index contributed by atoms with van der Waals surface area (Å²) in [5.41, 5.74) is 1.39. The highest BCUT2D eigenvalue weighted by Crippen LogP contribution is 2.14. The highest BCUT2D eigenvalue weighted by atomic mass is 32.1. The summed E-state index contributed by atoms with van der Waals surface area (Å²) in [6.45, 7) is 3.21. The van der Waals surface area contributed by atoms with Gasteiger partial charge in [-0.15, -0.1) is 0 Å². The first-order chi connectivity index (χ1) is 11.2. The summed E-state index contributed by atoms with van der Waals surface area (Å²) in [5, 5.41) is 7.54. The van der Waals surface area contributed by atoms with Crippen LogP contribution in [0, 0.1) is 0 Å². The molecule has 0 radical (unpaired) electrons. The molecule has 0 unspecified atom stereocenters. The third-order valence-electron chi connectivity index (χ3n) is 3.38. The Bertz CT molecular complexity index is 774. The Balaban J connectivity index is 1.69. The normalized spacial score (nSPS) is 16.7. The lowest BCUT2D eigenvalue weighted by atomic mass is 10.3. The quantitative estimate of drug-likeness (QED) is 0.674. The van der Waals surface area contributed by atoms with E-state index < -0.39 is 0 Å². The summed E-state index contributed by atoms with van der Waals surface area (Å²) in [5.74, 6) is 0.571. The number of nitrogens with zero attached hydrogens (tertiary/aromatic N) is 3. The van der Waals surface area contributed by atoms with E-state index in [4.69, 9.17) is 16.6 Å². The van der Waals surface area contributed by atoms with Gasteiger partial charge in [0.05, 0.1) is 19.0 Å². The van der Waals surface area contributed by atoms with Crippen molar-refractivity contribution in [2.24, 2.45) is 0 Å². The van der Waals surface area contributed by atoms with E-state index in [2.05, 4.69) is 10.4 Å². The molecule has 3 rings (SSSR count). The van der Waals surface area contributed by atoms with Crippen molar-refractivity contribution in [3.63, 3.8) is 0 Å². The number of amides is 1. The molecule has 23 heavy (non-hydrogen) atoms. The monoisotopic (exact) mass is 328 g/mol. The first-order valence-corrected chi connectivity index (χ1v) is 7.64. The summed E-state index contributed by atoms with van der Waals surface area (Å²) in [6.07, 6.45) is 10.5. The van der Waals surface area contributed by atoms with Gasteiger partial charge in [-0.25, -0.2) is 0 Å². The molecule has 1 saturated heterocycles. The number of hydrogen-bond acceptors (Lipinski definition) is 4. The van der Waals surface area contributed by atoms with E-state index in [9.17, 15) is 4.79 Å². The lowest BCUT2D eigenvalue weighted by Crippen LogP contribution is -2.29. The maximum atomic E-state index is 12.4. The number of aromatic nitrogens is 2. The highest BCUT2D eigenvalue weighted by molar-refractivity contribution is 7.80. The second kappa shape index (κ2) is 6.62. The largest absolute Gasteiger partial charge is 0.465 e. The fraction of sp³-hybridized carbons (Fsp3) is 0.188. The Morgan fingerprint density at radius 3 is 3.04 bits per heavy atom. The molecule has 6 nitrogen and oxygen atoms in total. The number of carbonyl (C=O) groups is 1. The lowest BCUT2D eigenvalue weighted by Gasteiger charge is -2.12. The van der Waals surface area contributed by atoms with Crippen LogP contribution in [0.2, 0.25) is 0 Å². The van der Waals surface area contributed by atoms with Crippen molar-refractivity contribution in [1.29, 1.82) is 0 Å². The summed E-state index contributed by atoms with van der Waals surface area (Å²) in [4.78, 5) is 13.9. The Kier molecular flexibility index (Phi) is 4.38. The van der Waals surface area contributed by atoms with Crippen LogP contribution >= 0.6 is 12.2 Å². The molecule has 7 heteroatoms. The maximum absolute atomic E-state index is 12.4. The summed E-state index contributed by atoms with van der Waals surface area (Å²) in [6, 6.07) is 3.64. The van der Waals surface area contributed by atoms with Crippen molar-refractivity contribution in [1.82, 2.24) is 20.0 Å². The second-order valence-corrected chi connectivity index (χ2v) is 5.37. The summed E-state index contributed by atoms with van der Waals surface area (Å²) < 4.78 is 7.01. The van der Waals surface area contributed by atoms with Crippen molar-refractivity contribution >= 4 is 29.3 Å². The van der Waals surface area contributed by atoms with Gasteiger partial charge in [0.15, 0.2) is 5.11 Å². The molecule has 0 spiro atoms. The fourth-order valence-corrected chi connectivity index (χ4v) is 2.46. The molecule has 2 aromatic heterocycles. The van der Waals surface area contributed by atoms with Gasteiger partial charge in [-0.05, 0) is 43.4 Å². The highest BCUT2D eigenvalue weighted by Gasteiger charge is 2.30. The van der Waals surface area contributed by atoms with Gasteiger partial charge >= 0.3 is 0 Å². The average molecular weight is 328 g/mol. The Morgan fingerprint density at radius 2 is 2.35 bits per heavy atom. The minimum Gasteiger partial charge on any atom is -0.465 e. The van der Waals surface area contributed by atoms with Crippen LogP contribution in [0.25, 0.3) is 6.08 Å². The summed E-state index contributed by atoms with van der Waals surface area (Å²) in [7, 11) is 0. The van der Waals surface area contributed by atoms with Crippen molar-refractivity contribution < 1.29 is 9.21 Å². The third kappa shape index (κ3) is 3.40. The van der Waals surface area contributed by atoms with Crippen LogP contribution in [0.5, 0.6) is 0 Å². The van der Waals surface area contributed by atoms with Gasteiger partial charge in [0, 0.05) is 18.3 Å². The second-order valence-electron chi connectivity index (χ2n) is 4.98. The first-order valence-electron chi connectivity index (χ1n) is 7.23. The van der Waals surface area contributed by atoms with Gasteiger partial charge in [-0.1, -0.05) is 6.08 Å². The van der Waals surface area contributed by atoms with Gasteiger partial charge in [-0.3, -0.25) is 14.4 Å². The minimum absolute atomic E-state index is 0.150. The van der Waals surface area contributed by atoms with Crippen LogP contribution in [-0.4, -0.2) is 25.7 Å². The number of aryl methyl sites for hydroxylation is 1. The van der Waals surface area contributed by atoms with Crippen molar-refractivity contribution in [2.75, 3.05) is 0 Å². The van der Waals surface area contributed by atoms with Gasteiger partial charge < -0.3 is 9.73 Å². The third-order valence-corrected chi connectivity index (χ3v) is 3.70. The van der Waals surface area contributed by atoms with Crippen LogP contribution in [0.1, 0.15) is 18.2 Å². The molecule has 0 saturated carbocycles. The zero-order chi connectivity index (χ0) is 16.2. The molecule has 2 aromatic rings. The maximum Gasteiger partial charge on any atom is 0.276 e. The number of thiocarbonyl (C=S) groups is 1. The summed E-state index contributed by atoms with van der Waals surface area (Å²) >= 11 is 5.24. The van der Waals surface area contributed by atoms with Gasteiger partial charge in [0.2, 0.25) is 0 Å². The molecule has 118 valence electrons. The van der Waals surface area contributed by atoms with Crippen molar-refractivity contribution in [3.05, 3.63) is 60.0 Å². The van der Waals surface area contributed by atoms with Crippen LogP contribution in [-0.2, 0) is 17.9 Å². The zero-order valence-corrected chi connectivity index (χ0v) is 13.4. The molecule has 0 aromatic carbocycles. The van der Waals surface area contributed by atoms with Crippen molar-refractivity contribution in [2.45, 2.75) is 20.0 Å². The van der Waals surface area contributed by atoms with Crippen LogP contribution in [0.3, 0.4) is 0 Å². The predicted molar refractivity (Wildman–Crippen MR) is 90.0 cm³/mol.